The molecular formula is C26H33N5O8S. The molecule has 1 heterocycles. The van der Waals surface area contributed by atoms with Crippen LogP contribution in [0.15, 0.2) is 64.4 Å². The fourth-order valence-electron chi connectivity index (χ4n) is 3.44. The highest BCUT2D eigenvalue weighted by Crippen LogP contribution is 2.11. The van der Waals surface area contributed by atoms with Crippen molar-refractivity contribution in [2.24, 2.45) is 11.1 Å². The maximum atomic E-state index is 13.1. The first kappa shape index (κ1) is 31.9. The molecule has 1 unspecified atom stereocenters. The van der Waals surface area contributed by atoms with Crippen LogP contribution in [0.25, 0.3) is 0 Å². The summed E-state index contributed by atoms with van der Waals surface area (Å²) in [4.78, 5) is 61.5. The summed E-state index contributed by atoms with van der Waals surface area (Å²) in [5.41, 5.74) is -0.721. The summed E-state index contributed by atoms with van der Waals surface area (Å²) in [6, 6.07) is 6.35. The van der Waals surface area contributed by atoms with Crippen LogP contribution in [0, 0.1) is 5.92 Å². The number of allylic oxidation sites excluding steroid dienone is 1. The molecule has 3 amide bonds. The molecule has 6 N–H and O–H groups in total. The predicted octanol–water partition coefficient (Wildman–Crippen LogP) is 0.816. The SMILES string of the molecule is CC(C)CCNC(=O)Cn1cccc(NC(=O)C(CCC=CC(=O)O)NC(=O)c2ccc(S(N)(=O)=O)cc2)c1=O. The number of anilines is 1. The lowest BCUT2D eigenvalue weighted by Crippen LogP contribution is -2.44. The van der Waals surface area contributed by atoms with Gasteiger partial charge in [-0.3, -0.25) is 19.2 Å². The Labute approximate surface area is 231 Å². The summed E-state index contributed by atoms with van der Waals surface area (Å²) >= 11 is 0. The van der Waals surface area contributed by atoms with E-state index < -0.39 is 39.4 Å². The van der Waals surface area contributed by atoms with Gasteiger partial charge >= 0.3 is 5.97 Å². The number of carbonyl (C=O) groups excluding carboxylic acids is 3. The summed E-state index contributed by atoms with van der Waals surface area (Å²) in [5, 5.41) is 21.6. The van der Waals surface area contributed by atoms with E-state index in [1.54, 1.807) is 0 Å². The van der Waals surface area contributed by atoms with Crippen LogP contribution in [0.5, 0.6) is 0 Å². The van der Waals surface area contributed by atoms with Crippen molar-refractivity contribution in [2.45, 2.75) is 50.6 Å². The molecule has 1 aromatic carbocycles. The first-order valence-corrected chi connectivity index (χ1v) is 13.9. The normalized spacial score (nSPS) is 12.2. The van der Waals surface area contributed by atoms with Crippen molar-refractivity contribution in [1.82, 2.24) is 15.2 Å². The number of nitrogens with one attached hydrogen (secondary N) is 3. The summed E-state index contributed by atoms with van der Waals surface area (Å²) in [6.45, 7) is 4.25. The standard InChI is InChI=1S/C26H33N5O8S/c1-17(2)13-14-28-22(32)16-31-15-5-7-21(26(31)37)30-25(36)20(6-3-4-8-23(33)34)29-24(35)18-9-11-19(12-10-18)40(27,38)39/h4-5,7-12,15,17,20H,3,6,13-14,16H2,1-2H3,(H,28,32)(H,29,35)(H,30,36)(H,33,34)(H2,27,38,39). The number of pyridine rings is 1. The Kier molecular flexibility index (Phi) is 11.8. The molecule has 13 nitrogen and oxygen atoms in total. The van der Waals surface area contributed by atoms with Crippen molar-refractivity contribution in [3.05, 3.63) is 70.7 Å². The minimum absolute atomic E-state index is 0.0180. The van der Waals surface area contributed by atoms with Crippen LogP contribution in [0.3, 0.4) is 0 Å². The van der Waals surface area contributed by atoms with Gasteiger partial charge in [-0.25, -0.2) is 18.4 Å². The van der Waals surface area contributed by atoms with E-state index in [1.807, 2.05) is 13.8 Å². The highest BCUT2D eigenvalue weighted by atomic mass is 32.2. The van der Waals surface area contributed by atoms with Crippen LogP contribution in [-0.4, -0.2) is 54.4 Å². The monoisotopic (exact) mass is 575 g/mol. The lowest BCUT2D eigenvalue weighted by molar-refractivity contribution is -0.131. The number of sulfonamides is 1. The van der Waals surface area contributed by atoms with Crippen LogP contribution < -0.4 is 26.6 Å². The Morgan fingerprint density at radius 3 is 2.35 bits per heavy atom. The molecule has 0 fully saturated rings. The molecule has 14 heteroatoms. The van der Waals surface area contributed by atoms with Gasteiger partial charge in [0.1, 0.15) is 18.3 Å². The molecule has 0 aliphatic rings. The van der Waals surface area contributed by atoms with Gasteiger partial charge in [0.05, 0.1) is 4.90 Å². The van der Waals surface area contributed by atoms with Crippen LogP contribution >= 0.6 is 0 Å². The summed E-state index contributed by atoms with van der Waals surface area (Å²) in [5.74, 6) is -2.62. The van der Waals surface area contributed by atoms with Crippen LogP contribution in [-0.2, 0) is 31.0 Å². The van der Waals surface area contributed by atoms with Gasteiger partial charge in [0.2, 0.25) is 21.8 Å². The van der Waals surface area contributed by atoms with Crippen molar-refractivity contribution < 1.29 is 32.7 Å². The van der Waals surface area contributed by atoms with Crippen LogP contribution in [0.1, 0.15) is 43.5 Å². The van der Waals surface area contributed by atoms with E-state index >= 15 is 0 Å². The number of carboxylic acids is 1. The summed E-state index contributed by atoms with van der Waals surface area (Å²) < 4.78 is 24.1. The van der Waals surface area contributed by atoms with Gasteiger partial charge in [0, 0.05) is 24.4 Å². The maximum absolute atomic E-state index is 13.1. The van der Waals surface area contributed by atoms with Crippen LogP contribution in [0.4, 0.5) is 5.69 Å². The molecule has 1 atom stereocenters. The Hall–Kier alpha value is -4.30. The number of nitrogens with two attached hydrogens (primary N) is 1. The Bertz CT molecular complexity index is 1420. The second-order valence-electron chi connectivity index (χ2n) is 9.29. The van der Waals surface area contributed by atoms with E-state index in [1.165, 1.54) is 36.5 Å². The smallest absolute Gasteiger partial charge is 0.327 e. The van der Waals surface area contributed by atoms with E-state index in [0.717, 1.165) is 29.2 Å². The number of hydrogen-bond donors (Lipinski definition) is 5. The highest BCUT2D eigenvalue weighted by molar-refractivity contribution is 7.89. The van der Waals surface area contributed by atoms with Gasteiger partial charge in [-0.1, -0.05) is 19.9 Å². The second kappa shape index (κ2) is 14.7. The number of rotatable bonds is 14. The summed E-state index contributed by atoms with van der Waals surface area (Å²) in [6.07, 6.45) is 4.47. The van der Waals surface area contributed by atoms with E-state index in [4.69, 9.17) is 10.2 Å². The zero-order valence-corrected chi connectivity index (χ0v) is 22.9. The Morgan fingerprint density at radius 2 is 1.75 bits per heavy atom. The number of carbonyl (C=O) groups is 4. The quantitative estimate of drug-likeness (QED) is 0.203. The van der Waals surface area contributed by atoms with E-state index in [2.05, 4.69) is 16.0 Å². The molecule has 0 radical (unpaired) electrons. The zero-order valence-electron chi connectivity index (χ0n) is 22.1. The molecule has 0 aliphatic carbocycles. The third-order valence-electron chi connectivity index (χ3n) is 5.59. The van der Waals surface area contributed by atoms with Crippen molar-refractivity contribution in [3.63, 3.8) is 0 Å². The average molecular weight is 576 g/mol. The van der Waals surface area contributed by atoms with Crippen molar-refractivity contribution in [2.75, 3.05) is 11.9 Å². The number of carboxylic acid groups (broad SMARTS) is 1. The zero-order chi connectivity index (χ0) is 29.9. The van der Waals surface area contributed by atoms with Gasteiger partial charge in [0.15, 0.2) is 0 Å². The maximum Gasteiger partial charge on any atom is 0.327 e. The van der Waals surface area contributed by atoms with Crippen molar-refractivity contribution in [3.8, 4) is 0 Å². The van der Waals surface area contributed by atoms with Gasteiger partial charge < -0.3 is 25.6 Å². The fraction of sp³-hybridized carbons (Fsp3) is 0.346. The molecule has 2 aromatic rings. The Balaban J connectivity index is 2.18. The first-order valence-electron chi connectivity index (χ1n) is 12.4. The second-order valence-corrected chi connectivity index (χ2v) is 10.9. The number of hydrogen-bond acceptors (Lipinski definition) is 7. The third kappa shape index (κ3) is 10.5. The van der Waals surface area contributed by atoms with Crippen LogP contribution in [0.2, 0.25) is 0 Å². The van der Waals surface area contributed by atoms with E-state index in [0.29, 0.717) is 12.5 Å². The lowest BCUT2D eigenvalue weighted by Gasteiger charge is -2.18. The van der Waals surface area contributed by atoms with Gasteiger partial charge in [0.25, 0.3) is 11.5 Å². The van der Waals surface area contributed by atoms with Crippen molar-refractivity contribution in [1.29, 1.82) is 0 Å². The lowest BCUT2D eigenvalue weighted by atomic mass is 10.1. The molecule has 0 aliphatic heterocycles. The Morgan fingerprint density at radius 1 is 1.07 bits per heavy atom. The highest BCUT2D eigenvalue weighted by Gasteiger charge is 2.23. The fourth-order valence-corrected chi connectivity index (χ4v) is 3.96. The number of nitrogens with zero attached hydrogens (tertiary/aromatic N) is 1. The number of amides is 3. The molecule has 0 saturated carbocycles. The van der Waals surface area contributed by atoms with Gasteiger partial charge in [-0.05, 0) is 61.6 Å². The van der Waals surface area contributed by atoms with Crippen molar-refractivity contribution >= 4 is 39.4 Å². The average Bonchev–Trinajstić information content (AvgIpc) is 2.87. The largest absolute Gasteiger partial charge is 0.478 e. The minimum Gasteiger partial charge on any atom is -0.478 e. The third-order valence-corrected chi connectivity index (χ3v) is 6.51. The minimum atomic E-state index is -3.97. The number of aliphatic carboxylic acids is 1. The first-order chi connectivity index (χ1) is 18.8. The molecule has 216 valence electrons. The summed E-state index contributed by atoms with van der Waals surface area (Å²) in [7, 11) is -3.97. The molecule has 1 aromatic heterocycles. The van der Waals surface area contributed by atoms with E-state index in [9.17, 15) is 32.4 Å². The van der Waals surface area contributed by atoms with E-state index in [-0.39, 0.29) is 41.4 Å². The van der Waals surface area contributed by atoms with Gasteiger partial charge in [-0.15, -0.1) is 0 Å². The molecule has 40 heavy (non-hydrogen) atoms. The number of primary sulfonamides is 1. The van der Waals surface area contributed by atoms with Gasteiger partial charge in [-0.2, -0.15) is 0 Å². The molecule has 0 spiro atoms. The number of aromatic nitrogens is 1. The number of benzene rings is 1. The topological polar surface area (TPSA) is 207 Å². The predicted molar refractivity (Wildman–Crippen MR) is 147 cm³/mol. The molecular weight excluding hydrogens is 542 g/mol. The molecule has 0 saturated heterocycles. The molecule has 2 rings (SSSR count). The molecule has 0 bridgehead atoms.